The van der Waals surface area contributed by atoms with Gasteiger partial charge in [-0.25, -0.2) is 9.37 Å². The second kappa shape index (κ2) is 9.08. The monoisotopic (exact) mass is 465 g/mol. The number of carbonyl (C=O) groups is 1. The molecule has 1 unspecified atom stereocenters. The molecule has 1 aromatic carbocycles. The van der Waals surface area contributed by atoms with E-state index in [1.807, 2.05) is 0 Å². The standard InChI is InChI=1S/C21H24FN3O6S/c1-32(29)15-11-14(22)4-3-13(15)12-23-18(27)16-17(26)19(28)25-7-2-8-31-21(20(25)24-16)5-9-30-10-6-21/h3-4,11,26H,2,5-10,12H2,1H3,(H,23,27). The number of hydrogen-bond acceptors (Lipinski definition) is 7. The summed E-state index contributed by atoms with van der Waals surface area (Å²) < 4.78 is 38.3. The first-order valence-electron chi connectivity index (χ1n) is 10.3. The summed E-state index contributed by atoms with van der Waals surface area (Å²) in [4.78, 5) is 30.4. The fourth-order valence-corrected chi connectivity index (χ4v) is 4.87. The molecule has 32 heavy (non-hydrogen) atoms. The maximum atomic E-state index is 13.5. The van der Waals surface area contributed by atoms with Gasteiger partial charge < -0.3 is 19.9 Å². The van der Waals surface area contributed by atoms with Crippen LogP contribution in [0.25, 0.3) is 0 Å². The van der Waals surface area contributed by atoms with Crippen molar-refractivity contribution in [2.24, 2.45) is 0 Å². The van der Waals surface area contributed by atoms with E-state index in [1.165, 1.54) is 23.0 Å². The lowest BCUT2D eigenvalue weighted by Crippen LogP contribution is -2.42. The number of hydrogen-bond donors (Lipinski definition) is 2. The van der Waals surface area contributed by atoms with E-state index < -0.39 is 45.1 Å². The van der Waals surface area contributed by atoms with Crippen molar-refractivity contribution in [3.63, 3.8) is 0 Å². The van der Waals surface area contributed by atoms with E-state index in [4.69, 9.17) is 9.47 Å². The maximum Gasteiger partial charge on any atom is 0.296 e. The van der Waals surface area contributed by atoms with E-state index in [0.29, 0.717) is 57.0 Å². The van der Waals surface area contributed by atoms with Gasteiger partial charge in [0.2, 0.25) is 5.75 Å². The number of amides is 1. The molecule has 1 aromatic heterocycles. The van der Waals surface area contributed by atoms with E-state index in [1.54, 1.807) is 0 Å². The normalized spacial score (nSPS) is 18.6. The number of nitrogens with one attached hydrogen (secondary N) is 1. The Morgan fingerprint density at radius 2 is 2.09 bits per heavy atom. The molecule has 2 aliphatic rings. The van der Waals surface area contributed by atoms with Gasteiger partial charge in [0.1, 0.15) is 17.2 Å². The summed E-state index contributed by atoms with van der Waals surface area (Å²) in [5, 5.41) is 13.0. The van der Waals surface area contributed by atoms with Gasteiger partial charge in [-0.05, 0) is 24.1 Å². The van der Waals surface area contributed by atoms with E-state index in [9.17, 15) is 23.3 Å². The molecule has 172 valence electrons. The molecule has 3 heterocycles. The zero-order valence-corrected chi connectivity index (χ0v) is 18.4. The number of aromatic hydroxyl groups is 1. The Hall–Kier alpha value is -2.63. The van der Waals surface area contributed by atoms with E-state index in [0.717, 1.165) is 6.07 Å². The third-order valence-electron chi connectivity index (χ3n) is 5.75. The predicted octanol–water partition coefficient (Wildman–Crippen LogP) is 1.18. The summed E-state index contributed by atoms with van der Waals surface area (Å²) in [5.74, 6) is -1.74. The number of aromatic nitrogens is 2. The molecule has 1 atom stereocenters. The highest BCUT2D eigenvalue weighted by molar-refractivity contribution is 7.84. The van der Waals surface area contributed by atoms with Crippen LogP contribution in [-0.2, 0) is 39.0 Å². The Labute approximate surface area is 186 Å². The van der Waals surface area contributed by atoms with Crippen molar-refractivity contribution in [3.05, 3.63) is 51.5 Å². The molecule has 0 bridgehead atoms. The summed E-state index contributed by atoms with van der Waals surface area (Å²) in [5.41, 5.74) is -1.51. The molecule has 4 rings (SSSR count). The molecular formula is C21H24FN3O6S. The van der Waals surface area contributed by atoms with Crippen LogP contribution >= 0.6 is 0 Å². The van der Waals surface area contributed by atoms with Crippen molar-refractivity contribution in [2.75, 3.05) is 26.1 Å². The average molecular weight is 466 g/mol. The molecule has 11 heteroatoms. The Morgan fingerprint density at radius 1 is 1.34 bits per heavy atom. The Kier molecular flexibility index (Phi) is 6.40. The second-order valence-electron chi connectivity index (χ2n) is 7.79. The first kappa shape index (κ1) is 22.6. The molecule has 2 aliphatic heterocycles. The molecular weight excluding hydrogens is 441 g/mol. The minimum absolute atomic E-state index is 0.0803. The van der Waals surface area contributed by atoms with Gasteiger partial charge in [-0.2, -0.15) is 0 Å². The lowest BCUT2D eigenvalue weighted by Gasteiger charge is -2.36. The number of fused-ring (bicyclic) bond motifs is 2. The number of carbonyl (C=O) groups excluding carboxylic acids is 1. The molecule has 1 spiro atoms. The largest absolute Gasteiger partial charge is 0.501 e. The number of nitrogens with zero attached hydrogens (tertiary/aromatic N) is 2. The molecule has 2 N–H and O–H groups in total. The van der Waals surface area contributed by atoms with Crippen LogP contribution in [0.15, 0.2) is 27.9 Å². The van der Waals surface area contributed by atoms with Gasteiger partial charge in [0.25, 0.3) is 11.5 Å². The summed E-state index contributed by atoms with van der Waals surface area (Å²) in [7, 11) is -1.47. The first-order chi connectivity index (χ1) is 15.3. The van der Waals surface area contributed by atoms with Crippen LogP contribution in [-0.4, -0.2) is 50.9 Å². The third-order valence-corrected chi connectivity index (χ3v) is 6.75. The minimum atomic E-state index is -1.47. The predicted molar refractivity (Wildman–Crippen MR) is 112 cm³/mol. The number of benzene rings is 1. The molecule has 1 amide bonds. The van der Waals surface area contributed by atoms with Gasteiger partial charge in [0, 0.05) is 56.9 Å². The van der Waals surface area contributed by atoms with Gasteiger partial charge in [0.15, 0.2) is 5.69 Å². The van der Waals surface area contributed by atoms with Crippen LogP contribution in [0, 0.1) is 5.82 Å². The zero-order chi connectivity index (χ0) is 22.9. The molecule has 0 saturated carbocycles. The van der Waals surface area contributed by atoms with Crippen LogP contribution in [0.5, 0.6) is 5.75 Å². The highest BCUT2D eigenvalue weighted by atomic mass is 32.2. The zero-order valence-electron chi connectivity index (χ0n) is 17.6. The maximum absolute atomic E-state index is 13.5. The Bertz CT molecular complexity index is 1130. The summed E-state index contributed by atoms with van der Waals surface area (Å²) >= 11 is 0. The number of rotatable bonds is 4. The Morgan fingerprint density at radius 3 is 2.81 bits per heavy atom. The highest BCUT2D eigenvalue weighted by Gasteiger charge is 2.42. The number of halogens is 1. The van der Waals surface area contributed by atoms with Crippen molar-refractivity contribution in [1.29, 1.82) is 0 Å². The van der Waals surface area contributed by atoms with Crippen LogP contribution in [0.4, 0.5) is 4.39 Å². The van der Waals surface area contributed by atoms with E-state index >= 15 is 0 Å². The van der Waals surface area contributed by atoms with Crippen molar-refractivity contribution in [2.45, 2.75) is 42.8 Å². The molecule has 0 radical (unpaired) electrons. The average Bonchev–Trinajstić information content (AvgIpc) is 2.95. The molecule has 1 saturated heterocycles. The fraction of sp³-hybridized carbons (Fsp3) is 0.476. The van der Waals surface area contributed by atoms with Crippen LogP contribution < -0.4 is 10.9 Å². The summed E-state index contributed by atoms with van der Waals surface area (Å²) in [6.45, 7) is 1.52. The molecule has 0 aliphatic carbocycles. The molecule has 2 aromatic rings. The summed E-state index contributed by atoms with van der Waals surface area (Å²) in [6, 6.07) is 3.78. The van der Waals surface area contributed by atoms with E-state index in [2.05, 4.69) is 10.3 Å². The molecule has 1 fully saturated rings. The van der Waals surface area contributed by atoms with Crippen molar-refractivity contribution in [3.8, 4) is 5.75 Å². The fourth-order valence-electron chi connectivity index (χ4n) is 4.08. The lowest BCUT2D eigenvalue weighted by atomic mass is 9.92. The van der Waals surface area contributed by atoms with Crippen LogP contribution in [0.3, 0.4) is 0 Å². The van der Waals surface area contributed by atoms with Crippen LogP contribution in [0.2, 0.25) is 0 Å². The van der Waals surface area contributed by atoms with Crippen molar-refractivity contribution >= 4 is 16.7 Å². The topological polar surface area (TPSA) is 120 Å². The third kappa shape index (κ3) is 4.19. The quantitative estimate of drug-likeness (QED) is 0.696. The van der Waals surface area contributed by atoms with Gasteiger partial charge in [0.05, 0.1) is 10.8 Å². The summed E-state index contributed by atoms with van der Waals surface area (Å²) in [6.07, 6.45) is 2.94. The Balaban J connectivity index is 1.67. The van der Waals surface area contributed by atoms with Gasteiger partial charge in [-0.15, -0.1) is 0 Å². The van der Waals surface area contributed by atoms with Gasteiger partial charge in [-0.3, -0.25) is 18.4 Å². The number of ether oxygens (including phenoxy) is 2. The smallest absolute Gasteiger partial charge is 0.296 e. The van der Waals surface area contributed by atoms with Crippen molar-refractivity contribution in [1.82, 2.24) is 14.9 Å². The minimum Gasteiger partial charge on any atom is -0.501 e. The van der Waals surface area contributed by atoms with Gasteiger partial charge >= 0.3 is 0 Å². The molecule has 9 nitrogen and oxygen atoms in total. The van der Waals surface area contributed by atoms with Crippen molar-refractivity contribution < 1.29 is 28.0 Å². The van der Waals surface area contributed by atoms with Gasteiger partial charge in [-0.1, -0.05) is 6.07 Å². The lowest BCUT2D eigenvalue weighted by molar-refractivity contribution is -0.118. The van der Waals surface area contributed by atoms with E-state index in [-0.39, 0.29) is 11.4 Å². The van der Waals surface area contributed by atoms with Crippen LogP contribution in [0.1, 0.15) is 41.1 Å². The highest BCUT2D eigenvalue weighted by Crippen LogP contribution is 2.37. The first-order valence-corrected chi connectivity index (χ1v) is 11.8. The second-order valence-corrected chi connectivity index (χ2v) is 9.14. The SMILES string of the molecule is CS(=O)c1cc(F)ccc1CNC(=O)c1nc2n(c(=O)c1O)CCCOC21CCOCC1.